The number of halogens is 6. The average Bonchev–Trinajstić information content (AvgIpc) is 3.60. The third kappa shape index (κ3) is 7.26. The molecule has 208 valence electrons. The molecule has 2 aromatic rings. The number of Topliss-reactive ketones (excluding diaryl/α,β-unsaturated/α-hetero) is 1. The van der Waals surface area contributed by atoms with Crippen molar-refractivity contribution in [1.29, 1.82) is 0 Å². The molecular weight excluding hydrogens is 538 g/mol. The van der Waals surface area contributed by atoms with Gasteiger partial charge in [-0.1, -0.05) is 0 Å². The van der Waals surface area contributed by atoms with Gasteiger partial charge in [-0.05, 0) is 74.7 Å². The third-order valence-corrected chi connectivity index (χ3v) is 7.94. The molecule has 6 nitrogen and oxygen atoms in total. The molecule has 2 aliphatic rings. The lowest BCUT2D eigenvalue weighted by Crippen LogP contribution is -2.37. The van der Waals surface area contributed by atoms with Gasteiger partial charge >= 0.3 is 12.4 Å². The van der Waals surface area contributed by atoms with Gasteiger partial charge in [-0.2, -0.15) is 26.3 Å². The van der Waals surface area contributed by atoms with Gasteiger partial charge in [-0.25, -0.2) is 13.1 Å². The standard InChI is InChI=1S/C25H26F6N2O4S/c26-24(27,28)18-12-19(25(29,30)31)14-22(13-18)38(35,36)32-20-8-10-33(15-20)9-1-11-37-21-6-4-17(5-7-21)23(34)16-2-3-16/h4-7,12-14,16,20,32H,1-3,8-11,15H2/t20-/m1/s1. The Hall–Kier alpha value is -2.64. The van der Waals surface area contributed by atoms with Crippen LogP contribution < -0.4 is 9.46 Å². The van der Waals surface area contributed by atoms with Crippen LogP contribution in [0.25, 0.3) is 0 Å². The lowest BCUT2D eigenvalue weighted by atomic mass is 10.1. The number of hydrogen-bond acceptors (Lipinski definition) is 5. The van der Waals surface area contributed by atoms with Gasteiger partial charge < -0.3 is 9.64 Å². The predicted octanol–water partition coefficient (Wildman–Crippen LogP) is 5.14. The number of rotatable bonds is 10. The first-order valence-corrected chi connectivity index (χ1v) is 13.5. The maximum absolute atomic E-state index is 13.1. The first kappa shape index (κ1) is 28.4. The highest BCUT2D eigenvalue weighted by Gasteiger charge is 2.39. The highest BCUT2D eigenvalue weighted by molar-refractivity contribution is 7.89. The van der Waals surface area contributed by atoms with E-state index in [9.17, 15) is 39.6 Å². The first-order valence-electron chi connectivity index (χ1n) is 12.0. The Morgan fingerprint density at radius 1 is 0.947 bits per heavy atom. The van der Waals surface area contributed by atoms with Crippen LogP contribution in [0.2, 0.25) is 0 Å². The van der Waals surface area contributed by atoms with Crippen molar-refractivity contribution in [2.45, 2.75) is 49.0 Å². The number of likely N-dealkylation sites (tertiary alicyclic amines) is 1. The van der Waals surface area contributed by atoms with Crippen LogP contribution in [0.15, 0.2) is 47.4 Å². The van der Waals surface area contributed by atoms with Crippen LogP contribution >= 0.6 is 0 Å². The molecule has 38 heavy (non-hydrogen) atoms. The van der Waals surface area contributed by atoms with Crippen molar-refractivity contribution in [3.8, 4) is 5.75 Å². The number of hydrogen-bond donors (Lipinski definition) is 1. The summed E-state index contributed by atoms with van der Waals surface area (Å²) in [5.41, 5.74) is -2.72. The van der Waals surface area contributed by atoms with Crippen LogP contribution in [0.1, 0.15) is 47.2 Å². The Morgan fingerprint density at radius 2 is 1.55 bits per heavy atom. The summed E-state index contributed by atoms with van der Waals surface area (Å²) in [6.07, 6.45) is -7.48. The lowest BCUT2D eigenvalue weighted by Gasteiger charge is -2.18. The molecule has 1 aliphatic carbocycles. The van der Waals surface area contributed by atoms with Crippen molar-refractivity contribution < 1.29 is 44.3 Å². The van der Waals surface area contributed by atoms with Crippen LogP contribution in [-0.2, 0) is 22.4 Å². The molecular formula is C25H26F6N2O4S. The summed E-state index contributed by atoms with van der Waals surface area (Å²) in [6, 6.07) is 6.56. The molecule has 2 fully saturated rings. The number of nitrogens with zero attached hydrogens (tertiary/aromatic N) is 1. The number of ether oxygens (including phenoxy) is 1. The van der Waals surface area contributed by atoms with Crippen molar-refractivity contribution in [3.63, 3.8) is 0 Å². The summed E-state index contributed by atoms with van der Waals surface area (Å²) >= 11 is 0. The highest BCUT2D eigenvalue weighted by Crippen LogP contribution is 2.37. The quantitative estimate of drug-likeness (QED) is 0.246. The molecule has 0 aromatic heterocycles. The van der Waals surface area contributed by atoms with Crippen molar-refractivity contribution in [1.82, 2.24) is 9.62 Å². The molecule has 0 amide bonds. The zero-order valence-corrected chi connectivity index (χ0v) is 20.9. The Morgan fingerprint density at radius 3 is 2.11 bits per heavy atom. The maximum atomic E-state index is 13.1. The van der Waals surface area contributed by atoms with E-state index >= 15 is 0 Å². The summed E-state index contributed by atoms with van der Waals surface area (Å²) in [4.78, 5) is 12.9. The predicted molar refractivity (Wildman–Crippen MR) is 125 cm³/mol. The second kappa shape index (κ2) is 10.9. The van der Waals surface area contributed by atoms with E-state index in [4.69, 9.17) is 4.74 Å². The maximum Gasteiger partial charge on any atom is 0.416 e. The normalized spacial score (nSPS) is 19.1. The monoisotopic (exact) mass is 564 g/mol. The molecule has 0 spiro atoms. The fraction of sp³-hybridized carbons (Fsp3) is 0.480. The van der Waals surface area contributed by atoms with E-state index in [1.54, 1.807) is 24.3 Å². The molecule has 1 N–H and O–H groups in total. The van der Waals surface area contributed by atoms with E-state index < -0.39 is 44.4 Å². The van der Waals surface area contributed by atoms with E-state index in [-0.39, 0.29) is 36.4 Å². The van der Waals surface area contributed by atoms with Crippen LogP contribution in [0.3, 0.4) is 0 Å². The topological polar surface area (TPSA) is 75.7 Å². The first-order chi connectivity index (χ1) is 17.7. The number of sulfonamides is 1. The molecule has 1 saturated carbocycles. The number of carbonyl (C=O) groups is 1. The average molecular weight is 565 g/mol. The second-order valence-corrected chi connectivity index (χ2v) is 11.2. The molecule has 13 heteroatoms. The van der Waals surface area contributed by atoms with Crippen LogP contribution in [0.5, 0.6) is 5.75 Å². The Bertz CT molecular complexity index is 1230. The number of benzene rings is 2. The van der Waals surface area contributed by atoms with Crippen molar-refractivity contribution in [2.75, 3.05) is 26.2 Å². The van der Waals surface area contributed by atoms with Gasteiger partial charge in [0.15, 0.2) is 5.78 Å². The third-order valence-electron chi connectivity index (χ3n) is 6.44. The molecule has 1 heterocycles. The van der Waals surface area contributed by atoms with Gasteiger partial charge in [-0.3, -0.25) is 4.79 Å². The van der Waals surface area contributed by atoms with Crippen molar-refractivity contribution in [2.24, 2.45) is 5.92 Å². The van der Waals surface area contributed by atoms with Crippen LogP contribution in [-0.4, -0.2) is 51.4 Å². The smallest absolute Gasteiger partial charge is 0.416 e. The molecule has 0 unspecified atom stereocenters. The number of carbonyl (C=O) groups excluding carboxylic acids is 1. The van der Waals surface area contributed by atoms with Gasteiger partial charge in [0, 0.05) is 30.6 Å². The minimum Gasteiger partial charge on any atom is -0.494 e. The number of ketones is 1. The summed E-state index contributed by atoms with van der Waals surface area (Å²) in [5, 5.41) is 0. The van der Waals surface area contributed by atoms with Crippen molar-refractivity contribution in [3.05, 3.63) is 59.2 Å². The minimum atomic E-state index is -5.15. The number of nitrogens with one attached hydrogen (secondary N) is 1. The van der Waals surface area contributed by atoms with Gasteiger partial charge in [0.2, 0.25) is 10.0 Å². The highest BCUT2D eigenvalue weighted by atomic mass is 32.2. The van der Waals surface area contributed by atoms with Gasteiger partial charge in [0.05, 0.1) is 22.6 Å². The van der Waals surface area contributed by atoms with E-state index in [2.05, 4.69) is 4.72 Å². The Labute approximate surface area is 216 Å². The summed E-state index contributed by atoms with van der Waals surface area (Å²) < 4.78 is 112. The molecule has 4 rings (SSSR count). The zero-order chi connectivity index (χ0) is 27.7. The SMILES string of the molecule is O=C(c1ccc(OCCCN2CC[C@@H](NS(=O)(=O)c3cc(C(F)(F)F)cc(C(F)(F)F)c3)C2)cc1)C1CC1. The molecule has 0 bridgehead atoms. The van der Waals surface area contributed by atoms with Crippen LogP contribution in [0.4, 0.5) is 26.3 Å². The fourth-order valence-corrected chi connectivity index (χ4v) is 5.61. The van der Waals surface area contributed by atoms with Crippen molar-refractivity contribution >= 4 is 15.8 Å². The molecule has 2 aromatic carbocycles. The Balaban J connectivity index is 1.27. The molecule has 0 radical (unpaired) electrons. The Kier molecular flexibility index (Phi) is 8.10. The van der Waals surface area contributed by atoms with Crippen LogP contribution in [0, 0.1) is 5.92 Å². The minimum absolute atomic E-state index is 0.111. The van der Waals surface area contributed by atoms with E-state index in [0.29, 0.717) is 43.9 Å². The summed E-state index contributed by atoms with van der Waals surface area (Å²) in [5.74, 6) is 0.895. The van der Waals surface area contributed by atoms with Gasteiger partial charge in [-0.15, -0.1) is 0 Å². The van der Waals surface area contributed by atoms with E-state index in [1.165, 1.54) is 0 Å². The molecule has 1 atom stereocenters. The fourth-order valence-electron chi connectivity index (χ4n) is 4.28. The van der Waals surface area contributed by atoms with Gasteiger partial charge in [0.25, 0.3) is 0 Å². The summed E-state index contributed by atoms with van der Waals surface area (Å²) in [6.45, 7) is 1.68. The zero-order valence-electron chi connectivity index (χ0n) is 20.1. The molecule has 1 aliphatic heterocycles. The van der Waals surface area contributed by atoms with Gasteiger partial charge in [0.1, 0.15) is 5.75 Å². The molecule has 1 saturated heterocycles. The second-order valence-electron chi connectivity index (χ2n) is 9.51. The van der Waals surface area contributed by atoms with E-state index in [1.807, 2.05) is 4.90 Å². The lowest BCUT2D eigenvalue weighted by molar-refractivity contribution is -0.143. The summed E-state index contributed by atoms with van der Waals surface area (Å²) in [7, 11) is -4.63. The number of alkyl halides is 6. The van der Waals surface area contributed by atoms with E-state index in [0.717, 1.165) is 12.8 Å². The largest absolute Gasteiger partial charge is 0.494 e.